The highest BCUT2D eigenvalue weighted by atomic mass is 35.5. The van der Waals surface area contributed by atoms with E-state index in [1.165, 1.54) is 6.42 Å². The van der Waals surface area contributed by atoms with Crippen molar-refractivity contribution in [3.05, 3.63) is 33.8 Å². The zero-order valence-corrected chi connectivity index (χ0v) is 14.1. The van der Waals surface area contributed by atoms with Crippen LogP contribution in [0, 0.1) is 11.3 Å². The summed E-state index contributed by atoms with van der Waals surface area (Å²) in [5.41, 5.74) is 0.553. The van der Waals surface area contributed by atoms with Crippen LogP contribution in [0.4, 0.5) is 0 Å². The van der Waals surface area contributed by atoms with Gasteiger partial charge in [-0.05, 0) is 41.9 Å². The van der Waals surface area contributed by atoms with E-state index < -0.39 is 5.60 Å². The van der Waals surface area contributed by atoms with Crippen LogP contribution in [-0.2, 0) is 6.42 Å². The molecule has 0 aromatic heterocycles. The van der Waals surface area contributed by atoms with Gasteiger partial charge in [-0.25, -0.2) is 0 Å². The molecule has 0 radical (unpaired) electrons. The second kappa shape index (κ2) is 5.87. The largest absolute Gasteiger partial charge is 0.389 e. The standard InChI is InChI=1S/C17H24Cl2O/c1-16(2,3)15-6-4-5-9-17(15,20)11-12-7-8-13(18)14(19)10-12/h7-8,10,15,20H,4-6,9,11H2,1-3H3. The van der Waals surface area contributed by atoms with Crippen LogP contribution in [0.2, 0.25) is 10.0 Å². The predicted molar refractivity (Wildman–Crippen MR) is 86.5 cm³/mol. The van der Waals surface area contributed by atoms with Gasteiger partial charge in [0, 0.05) is 6.42 Å². The van der Waals surface area contributed by atoms with Gasteiger partial charge >= 0.3 is 0 Å². The first-order chi connectivity index (χ1) is 9.22. The fourth-order valence-electron chi connectivity index (χ4n) is 3.68. The van der Waals surface area contributed by atoms with Crippen molar-refractivity contribution in [3.8, 4) is 0 Å². The normalized spacial score (nSPS) is 27.6. The lowest BCUT2D eigenvalue weighted by Crippen LogP contribution is -2.48. The van der Waals surface area contributed by atoms with Gasteiger partial charge in [0.15, 0.2) is 0 Å². The van der Waals surface area contributed by atoms with Crippen molar-refractivity contribution in [2.24, 2.45) is 11.3 Å². The topological polar surface area (TPSA) is 20.2 Å². The third-order valence-corrected chi connectivity index (χ3v) is 5.28. The number of halogens is 2. The maximum absolute atomic E-state index is 11.2. The molecule has 2 rings (SSSR count). The summed E-state index contributed by atoms with van der Waals surface area (Å²) in [4.78, 5) is 0. The van der Waals surface area contributed by atoms with Crippen molar-refractivity contribution in [2.75, 3.05) is 0 Å². The highest BCUT2D eigenvalue weighted by Gasteiger charge is 2.44. The molecule has 1 nitrogen and oxygen atoms in total. The summed E-state index contributed by atoms with van der Waals surface area (Å²) in [5, 5.41) is 12.3. The lowest BCUT2D eigenvalue weighted by molar-refractivity contribution is -0.0889. The van der Waals surface area contributed by atoms with Gasteiger partial charge in [-0.3, -0.25) is 0 Å². The lowest BCUT2D eigenvalue weighted by Gasteiger charge is -2.47. The molecule has 1 aromatic rings. The second-order valence-electron chi connectivity index (χ2n) is 7.19. The smallest absolute Gasteiger partial charge is 0.0720 e. The summed E-state index contributed by atoms with van der Waals surface area (Å²) < 4.78 is 0. The molecule has 2 atom stereocenters. The van der Waals surface area contributed by atoms with E-state index >= 15 is 0 Å². The Morgan fingerprint density at radius 2 is 1.90 bits per heavy atom. The minimum absolute atomic E-state index is 0.116. The van der Waals surface area contributed by atoms with E-state index in [2.05, 4.69) is 20.8 Å². The van der Waals surface area contributed by atoms with Crippen LogP contribution < -0.4 is 0 Å². The first-order valence-electron chi connectivity index (χ1n) is 7.39. The van der Waals surface area contributed by atoms with Crippen LogP contribution in [0.1, 0.15) is 52.0 Å². The van der Waals surface area contributed by atoms with Gasteiger partial charge in [-0.15, -0.1) is 0 Å². The Morgan fingerprint density at radius 1 is 1.20 bits per heavy atom. The van der Waals surface area contributed by atoms with Crippen molar-refractivity contribution in [1.82, 2.24) is 0 Å². The Morgan fingerprint density at radius 3 is 2.50 bits per heavy atom. The summed E-state index contributed by atoms with van der Waals surface area (Å²) >= 11 is 12.1. The molecule has 0 aliphatic heterocycles. The average Bonchev–Trinajstić information content (AvgIpc) is 2.32. The molecule has 1 fully saturated rings. The Hall–Kier alpha value is -0.240. The van der Waals surface area contributed by atoms with E-state index in [1.54, 1.807) is 0 Å². The molecule has 0 saturated heterocycles. The molecular formula is C17H24Cl2O. The van der Waals surface area contributed by atoms with Crippen LogP contribution in [0.5, 0.6) is 0 Å². The van der Waals surface area contributed by atoms with Crippen LogP contribution in [-0.4, -0.2) is 10.7 Å². The highest BCUT2D eigenvalue weighted by molar-refractivity contribution is 6.42. The van der Waals surface area contributed by atoms with Crippen LogP contribution >= 0.6 is 23.2 Å². The minimum atomic E-state index is -0.631. The first kappa shape index (κ1) is 16.1. The van der Waals surface area contributed by atoms with Gasteiger partial charge in [0.2, 0.25) is 0 Å². The summed E-state index contributed by atoms with van der Waals surface area (Å²) in [6.45, 7) is 6.67. The van der Waals surface area contributed by atoms with E-state index in [1.807, 2.05) is 18.2 Å². The van der Waals surface area contributed by atoms with Gasteiger partial charge in [0.05, 0.1) is 15.6 Å². The van der Waals surface area contributed by atoms with Gasteiger partial charge < -0.3 is 5.11 Å². The minimum Gasteiger partial charge on any atom is -0.389 e. The number of benzene rings is 1. The van der Waals surface area contributed by atoms with Gasteiger partial charge in [-0.2, -0.15) is 0 Å². The Labute approximate surface area is 132 Å². The summed E-state index contributed by atoms with van der Waals surface area (Å²) in [7, 11) is 0. The fourth-order valence-corrected chi connectivity index (χ4v) is 4.00. The molecular weight excluding hydrogens is 291 g/mol. The SMILES string of the molecule is CC(C)(C)C1CCCCC1(O)Cc1ccc(Cl)c(Cl)c1. The summed E-state index contributed by atoms with van der Waals surface area (Å²) in [6, 6.07) is 5.67. The number of hydrogen-bond donors (Lipinski definition) is 1. The van der Waals surface area contributed by atoms with Gasteiger partial charge in [0.1, 0.15) is 0 Å². The third-order valence-electron chi connectivity index (χ3n) is 4.54. The Bertz CT molecular complexity index is 478. The monoisotopic (exact) mass is 314 g/mol. The molecule has 0 spiro atoms. The Kier molecular flexibility index (Phi) is 4.73. The van der Waals surface area contributed by atoms with E-state index in [-0.39, 0.29) is 5.41 Å². The molecule has 1 aromatic carbocycles. The molecule has 0 bridgehead atoms. The lowest BCUT2D eigenvalue weighted by atomic mass is 9.62. The average molecular weight is 315 g/mol. The molecule has 1 N–H and O–H groups in total. The summed E-state index contributed by atoms with van der Waals surface area (Å²) in [5.74, 6) is 0.318. The maximum Gasteiger partial charge on any atom is 0.0720 e. The summed E-state index contributed by atoms with van der Waals surface area (Å²) in [6.07, 6.45) is 4.94. The number of rotatable bonds is 2. The Balaban J connectivity index is 2.25. The molecule has 1 saturated carbocycles. The van der Waals surface area contributed by atoms with Crippen molar-refractivity contribution >= 4 is 23.2 Å². The van der Waals surface area contributed by atoms with Gasteiger partial charge in [0.25, 0.3) is 0 Å². The maximum atomic E-state index is 11.2. The zero-order chi connectivity index (χ0) is 15.0. The quantitative estimate of drug-likeness (QED) is 0.763. The fraction of sp³-hybridized carbons (Fsp3) is 0.647. The van der Waals surface area contributed by atoms with E-state index in [9.17, 15) is 5.11 Å². The molecule has 112 valence electrons. The molecule has 20 heavy (non-hydrogen) atoms. The molecule has 2 unspecified atom stereocenters. The zero-order valence-electron chi connectivity index (χ0n) is 12.5. The molecule has 0 heterocycles. The molecule has 0 amide bonds. The van der Waals surface area contributed by atoms with Crippen molar-refractivity contribution in [2.45, 2.75) is 58.5 Å². The third kappa shape index (κ3) is 3.50. The van der Waals surface area contributed by atoms with Crippen LogP contribution in [0.15, 0.2) is 18.2 Å². The van der Waals surface area contributed by atoms with Crippen LogP contribution in [0.25, 0.3) is 0 Å². The van der Waals surface area contributed by atoms with E-state index in [0.717, 1.165) is 24.8 Å². The van der Waals surface area contributed by atoms with Crippen molar-refractivity contribution < 1.29 is 5.11 Å². The van der Waals surface area contributed by atoms with Crippen LogP contribution in [0.3, 0.4) is 0 Å². The highest BCUT2D eigenvalue weighted by Crippen LogP contribution is 2.46. The number of aliphatic hydroxyl groups is 1. The van der Waals surface area contributed by atoms with Gasteiger partial charge in [-0.1, -0.05) is 62.9 Å². The van der Waals surface area contributed by atoms with E-state index in [0.29, 0.717) is 22.4 Å². The molecule has 1 aliphatic carbocycles. The predicted octanol–water partition coefficient (Wildman–Crippen LogP) is 5.50. The van der Waals surface area contributed by atoms with Crippen molar-refractivity contribution in [3.63, 3.8) is 0 Å². The molecule has 1 aliphatic rings. The molecule has 3 heteroatoms. The van der Waals surface area contributed by atoms with Crippen molar-refractivity contribution in [1.29, 1.82) is 0 Å². The second-order valence-corrected chi connectivity index (χ2v) is 8.01. The first-order valence-corrected chi connectivity index (χ1v) is 8.14. The number of hydrogen-bond acceptors (Lipinski definition) is 1. The van der Waals surface area contributed by atoms with E-state index in [4.69, 9.17) is 23.2 Å².